The van der Waals surface area contributed by atoms with Gasteiger partial charge in [-0.1, -0.05) is 6.07 Å². The maximum Gasteiger partial charge on any atom is 0.308 e. The molecule has 1 aromatic rings. The summed E-state index contributed by atoms with van der Waals surface area (Å²) in [4.78, 5) is 31.6. The summed E-state index contributed by atoms with van der Waals surface area (Å²) in [7, 11) is 0. The molecular formula is C12H13NO7. The minimum Gasteiger partial charge on any atom is -0.423 e. The lowest BCUT2D eigenvalue weighted by atomic mass is 10.1. The van der Waals surface area contributed by atoms with Gasteiger partial charge in [0.25, 0.3) is 0 Å². The van der Waals surface area contributed by atoms with E-state index in [4.69, 9.17) is 9.47 Å². The Morgan fingerprint density at radius 1 is 1.25 bits per heavy atom. The molecule has 8 nitrogen and oxygen atoms in total. The molecule has 20 heavy (non-hydrogen) atoms. The highest BCUT2D eigenvalue weighted by Gasteiger charge is 2.18. The van der Waals surface area contributed by atoms with Gasteiger partial charge < -0.3 is 14.6 Å². The van der Waals surface area contributed by atoms with Crippen molar-refractivity contribution in [3.8, 4) is 11.5 Å². The third-order valence-corrected chi connectivity index (χ3v) is 2.18. The normalized spacial score (nSPS) is 11.6. The SMILES string of the molecule is CC(=O)Oc1ccc([C@@H](O)C[N+](=O)[O-])cc1OC(C)=O. The van der Waals surface area contributed by atoms with Gasteiger partial charge in [-0.2, -0.15) is 0 Å². The Morgan fingerprint density at radius 2 is 1.80 bits per heavy atom. The van der Waals surface area contributed by atoms with E-state index in [2.05, 4.69) is 0 Å². The molecule has 0 spiro atoms. The van der Waals surface area contributed by atoms with Gasteiger partial charge in [0.05, 0.1) is 0 Å². The zero-order valence-electron chi connectivity index (χ0n) is 10.9. The lowest BCUT2D eigenvalue weighted by molar-refractivity contribution is -0.491. The molecule has 108 valence electrons. The van der Waals surface area contributed by atoms with Gasteiger partial charge in [-0.3, -0.25) is 19.7 Å². The van der Waals surface area contributed by atoms with Crippen molar-refractivity contribution in [1.82, 2.24) is 0 Å². The van der Waals surface area contributed by atoms with Gasteiger partial charge in [-0.05, 0) is 17.7 Å². The summed E-state index contributed by atoms with van der Waals surface area (Å²) in [5, 5.41) is 20.0. The molecule has 0 amide bonds. The van der Waals surface area contributed by atoms with Crippen molar-refractivity contribution in [2.45, 2.75) is 20.0 Å². The number of aliphatic hydroxyl groups is 1. The van der Waals surface area contributed by atoms with E-state index in [1.165, 1.54) is 25.1 Å². The van der Waals surface area contributed by atoms with Crippen LogP contribution < -0.4 is 9.47 Å². The van der Waals surface area contributed by atoms with E-state index in [0.717, 1.165) is 6.92 Å². The third-order valence-electron chi connectivity index (χ3n) is 2.18. The van der Waals surface area contributed by atoms with Crippen LogP contribution in [0.3, 0.4) is 0 Å². The number of nitro groups is 1. The Hall–Kier alpha value is -2.48. The summed E-state index contributed by atoms with van der Waals surface area (Å²) in [5.41, 5.74) is 0.175. The number of benzene rings is 1. The average Bonchev–Trinajstić information content (AvgIpc) is 2.29. The van der Waals surface area contributed by atoms with E-state index in [-0.39, 0.29) is 17.1 Å². The van der Waals surface area contributed by atoms with Crippen molar-refractivity contribution in [1.29, 1.82) is 0 Å². The average molecular weight is 283 g/mol. The Morgan fingerprint density at radius 3 is 2.30 bits per heavy atom. The second-order valence-electron chi connectivity index (χ2n) is 3.92. The second kappa shape index (κ2) is 6.62. The zero-order valence-corrected chi connectivity index (χ0v) is 10.9. The molecule has 8 heteroatoms. The van der Waals surface area contributed by atoms with Crippen LogP contribution in [0.2, 0.25) is 0 Å². The highest BCUT2D eigenvalue weighted by atomic mass is 16.6. The predicted molar refractivity (Wildman–Crippen MR) is 65.9 cm³/mol. The minimum atomic E-state index is -1.36. The van der Waals surface area contributed by atoms with Crippen LogP contribution in [0.25, 0.3) is 0 Å². The van der Waals surface area contributed by atoms with E-state index in [9.17, 15) is 24.8 Å². The van der Waals surface area contributed by atoms with Crippen molar-refractivity contribution in [2.75, 3.05) is 6.54 Å². The fourth-order valence-electron chi connectivity index (χ4n) is 1.45. The van der Waals surface area contributed by atoms with Crippen LogP contribution in [0.4, 0.5) is 0 Å². The molecule has 0 saturated carbocycles. The first-order chi connectivity index (χ1) is 9.29. The highest BCUT2D eigenvalue weighted by molar-refractivity contribution is 5.73. The van der Waals surface area contributed by atoms with E-state index in [1.54, 1.807) is 0 Å². The van der Waals surface area contributed by atoms with Crippen molar-refractivity contribution in [3.63, 3.8) is 0 Å². The maximum atomic E-state index is 11.0. The standard InChI is InChI=1S/C12H13NO7/c1-7(14)19-11-4-3-9(10(16)6-13(17)18)5-12(11)20-8(2)15/h3-5,10,16H,6H2,1-2H3/t10-/m0/s1. The molecule has 0 unspecified atom stereocenters. The van der Waals surface area contributed by atoms with E-state index in [0.29, 0.717) is 0 Å². The van der Waals surface area contributed by atoms with Gasteiger partial charge in [0, 0.05) is 18.8 Å². The number of rotatable bonds is 5. The van der Waals surface area contributed by atoms with Gasteiger partial charge in [0.1, 0.15) is 6.10 Å². The minimum absolute atomic E-state index is 0.00949. The molecule has 0 bridgehead atoms. The van der Waals surface area contributed by atoms with Crippen molar-refractivity contribution >= 4 is 11.9 Å². The summed E-state index contributed by atoms with van der Waals surface area (Å²) in [6.45, 7) is 1.64. The Labute approximate surface area is 114 Å². The Balaban J connectivity index is 3.09. The number of nitrogens with zero attached hydrogens (tertiary/aromatic N) is 1. The van der Waals surface area contributed by atoms with Crippen LogP contribution in [-0.4, -0.2) is 28.5 Å². The predicted octanol–water partition coefficient (Wildman–Crippen LogP) is 0.847. The number of ether oxygens (including phenoxy) is 2. The molecular weight excluding hydrogens is 270 g/mol. The molecule has 0 saturated heterocycles. The van der Waals surface area contributed by atoms with Crippen molar-refractivity contribution in [3.05, 3.63) is 33.9 Å². The highest BCUT2D eigenvalue weighted by Crippen LogP contribution is 2.31. The van der Waals surface area contributed by atoms with Gasteiger partial charge in [0.2, 0.25) is 6.54 Å². The van der Waals surface area contributed by atoms with E-state index in [1.807, 2.05) is 0 Å². The molecule has 0 heterocycles. The molecule has 1 aromatic carbocycles. The van der Waals surface area contributed by atoms with Crippen LogP contribution in [-0.2, 0) is 9.59 Å². The van der Waals surface area contributed by atoms with Crippen molar-refractivity contribution < 1.29 is 29.1 Å². The first-order valence-corrected chi connectivity index (χ1v) is 5.60. The number of carbonyl (C=O) groups excluding carboxylic acids is 2. The third kappa shape index (κ3) is 4.65. The Bertz CT molecular complexity index is 541. The molecule has 0 fully saturated rings. The van der Waals surface area contributed by atoms with Crippen LogP contribution in [0.5, 0.6) is 11.5 Å². The number of hydrogen-bond donors (Lipinski definition) is 1. The summed E-state index contributed by atoms with van der Waals surface area (Å²) in [5.74, 6) is -1.37. The van der Waals surface area contributed by atoms with Gasteiger partial charge >= 0.3 is 11.9 Å². The molecule has 0 aromatic heterocycles. The van der Waals surface area contributed by atoms with Gasteiger partial charge in [0.15, 0.2) is 11.5 Å². The monoisotopic (exact) mass is 283 g/mol. The smallest absolute Gasteiger partial charge is 0.308 e. The first kappa shape index (κ1) is 15.6. The molecule has 0 aliphatic rings. The first-order valence-electron chi connectivity index (χ1n) is 5.60. The van der Waals surface area contributed by atoms with Crippen LogP contribution in [0, 0.1) is 10.1 Å². The lowest BCUT2D eigenvalue weighted by Gasteiger charge is -2.12. The molecule has 0 aliphatic carbocycles. The summed E-state index contributed by atoms with van der Waals surface area (Å²) in [6, 6.07) is 3.85. The van der Waals surface area contributed by atoms with Crippen molar-refractivity contribution in [2.24, 2.45) is 0 Å². The Kier molecular flexibility index (Phi) is 5.15. The number of aliphatic hydroxyl groups excluding tert-OH is 1. The molecule has 1 rings (SSSR count). The molecule has 1 N–H and O–H groups in total. The van der Waals surface area contributed by atoms with E-state index < -0.39 is 29.5 Å². The zero-order chi connectivity index (χ0) is 15.3. The largest absolute Gasteiger partial charge is 0.423 e. The van der Waals surface area contributed by atoms with Crippen LogP contribution in [0.1, 0.15) is 25.5 Å². The van der Waals surface area contributed by atoms with Gasteiger partial charge in [-0.15, -0.1) is 0 Å². The maximum absolute atomic E-state index is 11.0. The summed E-state index contributed by atoms with van der Waals surface area (Å²) in [6.07, 6.45) is -1.36. The van der Waals surface area contributed by atoms with E-state index >= 15 is 0 Å². The number of esters is 2. The fourth-order valence-corrected chi connectivity index (χ4v) is 1.45. The number of hydrogen-bond acceptors (Lipinski definition) is 7. The molecule has 0 radical (unpaired) electrons. The molecule has 1 atom stereocenters. The fraction of sp³-hybridized carbons (Fsp3) is 0.333. The number of carbonyl (C=O) groups is 2. The molecule has 0 aliphatic heterocycles. The second-order valence-corrected chi connectivity index (χ2v) is 3.92. The quantitative estimate of drug-likeness (QED) is 0.368. The lowest BCUT2D eigenvalue weighted by Crippen LogP contribution is -2.13. The topological polar surface area (TPSA) is 116 Å². The van der Waals surface area contributed by atoms with Crippen LogP contribution in [0.15, 0.2) is 18.2 Å². The summed E-state index contributed by atoms with van der Waals surface area (Å²) >= 11 is 0. The van der Waals surface area contributed by atoms with Crippen LogP contribution >= 0.6 is 0 Å². The summed E-state index contributed by atoms with van der Waals surface area (Å²) < 4.78 is 9.68. The van der Waals surface area contributed by atoms with Gasteiger partial charge in [-0.25, -0.2) is 0 Å².